The molecule has 0 saturated carbocycles. The van der Waals surface area contributed by atoms with Crippen molar-refractivity contribution in [2.45, 2.75) is 51.6 Å². The zero-order valence-corrected chi connectivity index (χ0v) is 15.3. The summed E-state index contributed by atoms with van der Waals surface area (Å²) in [6.07, 6.45) is 8.91. The molecular formula is C22H34N2+2. The van der Waals surface area contributed by atoms with Crippen LogP contribution < -0.4 is 0 Å². The summed E-state index contributed by atoms with van der Waals surface area (Å²) in [7, 11) is 0. The van der Waals surface area contributed by atoms with Crippen molar-refractivity contribution in [3.05, 3.63) is 35.4 Å². The second kappa shape index (κ2) is 5.85. The van der Waals surface area contributed by atoms with Crippen LogP contribution in [0.15, 0.2) is 24.3 Å². The third-order valence-electron chi connectivity index (χ3n) is 8.13. The second-order valence-corrected chi connectivity index (χ2v) is 9.62. The molecule has 0 spiro atoms. The van der Waals surface area contributed by atoms with Crippen LogP contribution in [0.3, 0.4) is 0 Å². The number of benzene rings is 1. The van der Waals surface area contributed by atoms with Crippen LogP contribution in [0.5, 0.6) is 0 Å². The minimum atomic E-state index is 1.06. The standard InChI is InChI=1S/C22H34N2/c1-2-22(18-24-14-8-20(9-15-24)10-16-24)4-3-21(1)17-23-11-5-19(6-12-23)7-13-23/h1-4,19-20H,5-18H2/q+2. The first kappa shape index (κ1) is 15.4. The Morgan fingerprint density at radius 1 is 0.542 bits per heavy atom. The minimum Gasteiger partial charge on any atom is -0.320 e. The highest BCUT2D eigenvalue weighted by atomic mass is 15.4. The summed E-state index contributed by atoms with van der Waals surface area (Å²) in [6, 6.07) is 9.83. The van der Waals surface area contributed by atoms with Crippen LogP contribution in [0.25, 0.3) is 0 Å². The quantitative estimate of drug-likeness (QED) is 0.735. The van der Waals surface area contributed by atoms with Crippen LogP contribution >= 0.6 is 0 Å². The fourth-order valence-corrected chi connectivity index (χ4v) is 6.27. The number of rotatable bonds is 4. The van der Waals surface area contributed by atoms with Crippen LogP contribution in [0, 0.1) is 11.8 Å². The molecule has 0 aliphatic carbocycles. The van der Waals surface area contributed by atoms with Gasteiger partial charge < -0.3 is 8.97 Å². The van der Waals surface area contributed by atoms with E-state index in [0.717, 1.165) is 11.8 Å². The van der Waals surface area contributed by atoms with Gasteiger partial charge in [0.05, 0.1) is 39.3 Å². The van der Waals surface area contributed by atoms with Gasteiger partial charge in [0.15, 0.2) is 0 Å². The van der Waals surface area contributed by atoms with Crippen molar-refractivity contribution in [3.8, 4) is 0 Å². The van der Waals surface area contributed by atoms with Crippen LogP contribution in [0.4, 0.5) is 0 Å². The fourth-order valence-electron chi connectivity index (χ4n) is 6.27. The van der Waals surface area contributed by atoms with Crippen LogP contribution in [-0.4, -0.2) is 48.2 Å². The number of hydrogen-bond acceptors (Lipinski definition) is 0. The maximum Gasteiger partial charge on any atom is 0.104 e. The summed E-state index contributed by atoms with van der Waals surface area (Å²) >= 11 is 0. The summed E-state index contributed by atoms with van der Waals surface area (Å²) in [5, 5.41) is 0. The predicted octanol–water partition coefficient (Wildman–Crippen LogP) is 3.95. The molecule has 0 radical (unpaired) electrons. The van der Waals surface area contributed by atoms with Crippen molar-refractivity contribution in [1.82, 2.24) is 0 Å². The van der Waals surface area contributed by atoms with E-state index in [9.17, 15) is 0 Å². The first-order valence-corrected chi connectivity index (χ1v) is 10.5. The van der Waals surface area contributed by atoms with Gasteiger partial charge in [-0.3, -0.25) is 0 Å². The lowest BCUT2D eigenvalue weighted by atomic mass is 9.85. The summed E-state index contributed by atoms with van der Waals surface area (Å²) < 4.78 is 2.77. The molecule has 6 fully saturated rings. The van der Waals surface area contributed by atoms with E-state index >= 15 is 0 Å². The lowest BCUT2D eigenvalue weighted by Gasteiger charge is -2.49. The van der Waals surface area contributed by atoms with E-state index in [2.05, 4.69) is 24.3 Å². The molecule has 6 aliphatic heterocycles. The molecule has 0 unspecified atom stereocenters. The third kappa shape index (κ3) is 2.82. The van der Waals surface area contributed by atoms with E-state index in [1.807, 2.05) is 0 Å². The number of hydrogen-bond donors (Lipinski definition) is 0. The van der Waals surface area contributed by atoms with E-state index in [-0.39, 0.29) is 0 Å². The average Bonchev–Trinajstić information content (AvgIpc) is 2.66. The number of quaternary nitrogens is 2. The Morgan fingerprint density at radius 3 is 1.12 bits per heavy atom. The molecule has 6 saturated heterocycles. The molecule has 6 aliphatic rings. The van der Waals surface area contributed by atoms with Gasteiger partial charge in [-0.1, -0.05) is 24.3 Å². The highest BCUT2D eigenvalue weighted by molar-refractivity contribution is 5.21. The van der Waals surface area contributed by atoms with Gasteiger partial charge in [-0.15, -0.1) is 0 Å². The maximum atomic E-state index is 2.46. The molecule has 0 atom stereocenters. The highest BCUT2D eigenvalue weighted by Crippen LogP contribution is 2.36. The van der Waals surface area contributed by atoms with Crippen molar-refractivity contribution in [3.63, 3.8) is 0 Å². The lowest BCUT2D eigenvalue weighted by Crippen LogP contribution is -2.57. The Kier molecular flexibility index (Phi) is 3.75. The molecule has 1 aromatic rings. The molecule has 6 heterocycles. The zero-order chi connectivity index (χ0) is 16.0. The molecule has 24 heavy (non-hydrogen) atoms. The van der Waals surface area contributed by atoms with E-state index in [1.54, 1.807) is 11.1 Å². The Labute approximate surface area is 147 Å². The van der Waals surface area contributed by atoms with Gasteiger partial charge >= 0.3 is 0 Å². The Balaban J connectivity index is 1.26. The number of fused-ring (bicyclic) bond motifs is 6. The van der Waals surface area contributed by atoms with Gasteiger partial charge in [0.25, 0.3) is 0 Å². The van der Waals surface area contributed by atoms with Gasteiger partial charge in [-0.25, -0.2) is 0 Å². The molecular weight excluding hydrogens is 292 g/mol. The topological polar surface area (TPSA) is 0 Å². The van der Waals surface area contributed by atoms with E-state index in [0.29, 0.717) is 0 Å². The second-order valence-electron chi connectivity index (χ2n) is 9.62. The SMILES string of the molecule is c1cc(C[N+]23CCC(CC2)CC3)ccc1C[N+]12CCC(CC1)CC2. The van der Waals surface area contributed by atoms with Gasteiger partial charge in [0, 0.05) is 11.1 Å². The van der Waals surface area contributed by atoms with E-state index in [4.69, 9.17) is 0 Å². The van der Waals surface area contributed by atoms with E-state index in [1.165, 1.54) is 99.8 Å². The van der Waals surface area contributed by atoms with Gasteiger partial charge in [-0.05, 0) is 50.4 Å². The predicted molar refractivity (Wildman–Crippen MR) is 98.3 cm³/mol. The summed E-state index contributed by atoms with van der Waals surface area (Å²) in [5.41, 5.74) is 3.16. The largest absolute Gasteiger partial charge is 0.320 e. The maximum absolute atomic E-state index is 2.46. The molecule has 1 aromatic carbocycles. The first-order chi connectivity index (χ1) is 11.7. The molecule has 4 bridgehead atoms. The molecule has 0 N–H and O–H groups in total. The Hall–Kier alpha value is -0.860. The van der Waals surface area contributed by atoms with Gasteiger partial charge in [0.2, 0.25) is 0 Å². The van der Waals surface area contributed by atoms with Crippen LogP contribution in [0.1, 0.15) is 49.7 Å². The summed E-state index contributed by atoms with van der Waals surface area (Å²) in [5.74, 6) is 2.13. The van der Waals surface area contributed by atoms with Gasteiger partial charge in [0.1, 0.15) is 13.1 Å². The molecule has 2 heteroatoms. The minimum absolute atomic E-state index is 1.06. The van der Waals surface area contributed by atoms with E-state index < -0.39 is 0 Å². The Bertz CT molecular complexity index is 494. The van der Waals surface area contributed by atoms with Gasteiger partial charge in [-0.2, -0.15) is 0 Å². The molecule has 2 nitrogen and oxygen atoms in total. The Morgan fingerprint density at radius 2 is 0.833 bits per heavy atom. The molecule has 0 aromatic heterocycles. The van der Waals surface area contributed by atoms with Crippen molar-refractivity contribution < 1.29 is 8.97 Å². The van der Waals surface area contributed by atoms with Crippen LogP contribution in [-0.2, 0) is 13.1 Å². The molecule has 7 rings (SSSR count). The normalized spacial score (nSPS) is 40.8. The van der Waals surface area contributed by atoms with Crippen molar-refractivity contribution >= 4 is 0 Å². The zero-order valence-electron chi connectivity index (χ0n) is 15.3. The van der Waals surface area contributed by atoms with Crippen molar-refractivity contribution in [2.24, 2.45) is 11.8 Å². The third-order valence-corrected chi connectivity index (χ3v) is 8.13. The highest BCUT2D eigenvalue weighted by Gasteiger charge is 2.40. The number of piperidine rings is 6. The van der Waals surface area contributed by atoms with Crippen molar-refractivity contribution in [2.75, 3.05) is 39.3 Å². The fraction of sp³-hybridized carbons (Fsp3) is 0.727. The molecule has 0 amide bonds. The molecule has 130 valence electrons. The van der Waals surface area contributed by atoms with Crippen LogP contribution in [0.2, 0.25) is 0 Å². The average molecular weight is 327 g/mol. The first-order valence-electron chi connectivity index (χ1n) is 10.5. The lowest BCUT2D eigenvalue weighted by molar-refractivity contribution is -0.955. The monoisotopic (exact) mass is 326 g/mol. The summed E-state index contributed by atoms with van der Waals surface area (Å²) in [4.78, 5) is 0. The van der Waals surface area contributed by atoms with Crippen molar-refractivity contribution in [1.29, 1.82) is 0 Å². The number of nitrogens with zero attached hydrogens (tertiary/aromatic N) is 2. The smallest absolute Gasteiger partial charge is 0.104 e. The summed E-state index contributed by atoms with van der Waals surface area (Å²) in [6.45, 7) is 11.2.